The van der Waals surface area contributed by atoms with E-state index in [0.717, 1.165) is 11.8 Å². The molecule has 0 aromatic heterocycles. The summed E-state index contributed by atoms with van der Waals surface area (Å²) in [5.74, 6) is -6.76. The van der Waals surface area contributed by atoms with Gasteiger partial charge in [0.2, 0.25) is 0 Å². The van der Waals surface area contributed by atoms with Gasteiger partial charge in [-0.05, 0) is 91.3 Å². The number of carbonyl (C=O) groups excluding carboxylic acids is 7. The predicted molar refractivity (Wildman–Crippen MR) is 291 cm³/mol. The van der Waals surface area contributed by atoms with Gasteiger partial charge in [-0.15, -0.1) is 11.8 Å². The van der Waals surface area contributed by atoms with Gasteiger partial charge in [0, 0.05) is 18.3 Å². The Morgan fingerprint density at radius 1 is 0.375 bits per heavy atom. The number of thioether (sulfide) groups is 1. The van der Waals surface area contributed by atoms with Crippen LogP contribution >= 0.6 is 11.8 Å². The summed E-state index contributed by atoms with van der Waals surface area (Å²) in [5.41, 5.74) is 1.04. The van der Waals surface area contributed by atoms with Gasteiger partial charge in [0.15, 0.2) is 30.7 Å². The van der Waals surface area contributed by atoms with Crippen molar-refractivity contribution in [3.63, 3.8) is 0 Å². The van der Waals surface area contributed by atoms with E-state index in [4.69, 9.17) is 42.6 Å². The summed E-state index contributed by atoms with van der Waals surface area (Å²) >= 11 is 1.02. The molecule has 7 aromatic rings. The predicted octanol–water partition coefficient (Wildman–Crippen LogP) is 9.69. The van der Waals surface area contributed by atoms with Gasteiger partial charge >= 0.3 is 41.8 Å². The van der Waals surface area contributed by atoms with Crippen LogP contribution in [0.1, 0.15) is 78.9 Å². The van der Waals surface area contributed by atoms with Crippen molar-refractivity contribution in [1.82, 2.24) is 0 Å². The standard InChI is InChI=1S/C63H54O16S/c1-71-63-54(79-62(70)46-35-21-8-22-36-46)53(78-61(69)45-33-19-7-20-34-45)55(48(74-63)39-73-57(65)41-25-11-3-12-26-41)80-49-37-47(38-72-56(64)40-23-9-2-10-24-40)50(75-58(66)42-27-13-4-14-28-42)52(77-60(68)44-31-17-6-18-32-44)51(49)76-59(67)43-29-15-5-16-30-43/h2-36,47-55,63H,37-39H2,1H3/t47-,48-,49+,50-,51-,52+,53-,54-,55-,63+/m1/s1. The van der Waals surface area contributed by atoms with Crippen LogP contribution in [0.2, 0.25) is 0 Å². The van der Waals surface area contributed by atoms with Crippen molar-refractivity contribution in [1.29, 1.82) is 0 Å². The minimum Gasteiger partial charge on any atom is -0.462 e. The fourth-order valence-electron chi connectivity index (χ4n) is 9.28. The van der Waals surface area contributed by atoms with E-state index in [1.807, 2.05) is 0 Å². The smallest absolute Gasteiger partial charge is 0.338 e. The fraction of sp³-hybridized carbons (Fsp3) is 0.222. The van der Waals surface area contributed by atoms with Gasteiger partial charge in [-0.2, -0.15) is 0 Å². The lowest BCUT2D eigenvalue weighted by Gasteiger charge is -2.48. The van der Waals surface area contributed by atoms with E-state index in [-0.39, 0.29) is 45.4 Å². The van der Waals surface area contributed by atoms with E-state index in [1.54, 1.807) is 152 Å². The van der Waals surface area contributed by atoms with Crippen LogP contribution in [0.3, 0.4) is 0 Å². The quantitative estimate of drug-likeness (QED) is 0.0546. The molecule has 1 aliphatic heterocycles. The molecule has 0 radical (unpaired) electrons. The van der Waals surface area contributed by atoms with Crippen LogP contribution in [0, 0.1) is 5.92 Å². The first-order valence-corrected chi connectivity index (χ1v) is 26.6. The lowest BCUT2D eigenvalue weighted by molar-refractivity contribution is -0.258. The Morgan fingerprint density at radius 2 is 0.675 bits per heavy atom. The van der Waals surface area contributed by atoms with Crippen LogP contribution in [0.15, 0.2) is 212 Å². The zero-order valence-corrected chi connectivity index (χ0v) is 43.9. The van der Waals surface area contributed by atoms with Crippen LogP contribution < -0.4 is 0 Å². The maximum absolute atomic E-state index is 14.6. The SMILES string of the molecule is CO[C@H]1O[C@H](COC(=O)c2ccccc2)[C@@H](S[C@H]2C[C@H](COC(=O)c3ccccc3)[C@@H](OC(=O)c3ccccc3)[C@H](OC(=O)c3ccccc3)[C@@H]2OC(=O)c2ccccc2)[C@H](OC(=O)c2ccccc2)[C@H]1OC(=O)c1ccccc1. The Labute approximate surface area is 465 Å². The number of carbonyl (C=O) groups is 7. The number of hydrogen-bond donors (Lipinski definition) is 0. The molecule has 0 spiro atoms. The average molecular weight is 1100 g/mol. The number of methoxy groups -OCH3 is 1. The maximum atomic E-state index is 14.6. The molecule has 0 unspecified atom stereocenters. The lowest BCUT2D eigenvalue weighted by atomic mass is 9.82. The summed E-state index contributed by atoms with van der Waals surface area (Å²) in [4.78, 5) is 99.7. The van der Waals surface area contributed by atoms with Gasteiger partial charge in [0.1, 0.15) is 18.8 Å². The Kier molecular flexibility index (Phi) is 18.9. The van der Waals surface area contributed by atoms with Gasteiger partial charge < -0.3 is 42.6 Å². The summed E-state index contributed by atoms with van der Waals surface area (Å²) in [5, 5.41) is -2.37. The highest BCUT2D eigenvalue weighted by atomic mass is 32.2. The fourth-order valence-corrected chi connectivity index (χ4v) is 11.1. The average Bonchev–Trinajstić information content (AvgIpc) is 3.71. The number of benzene rings is 7. The topological polar surface area (TPSA) is 203 Å². The number of esters is 7. The highest BCUT2D eigenvalue weighted by molar-refractivity contribution is 8.00. The largest absolute Gasteiger partial charge is 0.462 e. The number of ether oxygens (including phenoxy) is 9. The molecule has 2 aliphatic rings. The van der Waals surface area contributed by atoms with Gasteiger partial charge in [0.25, 0.3) is 0 Å². The molecule has 16 nitrogen and oxygen atoms in total. The first-order chi connectivity index (χ1) is 39.0. The van der Waals surface area contributed by atoms with E-state index < -0.39 is 114 Å². The van der Waals surface area contributed by atoms with Crippen molar-refractivity contribution in [3.05, 3.63) is 251 Å². The normalized spacial score (nSPS) is 22.3. The molecular weight excluding hydrogens is 1040 g/mol. The molecule has 1 aliphatic carbocycles. The maximum Gasteiger partial charge on any atom is 0.338 e. The Balaban J connectivity index is 1.19. The summed E-state index contributed by atoms with van der Waals surface area (Å²) in [6, 6.07) is 56.6. The van der Waals surface area contributed by atoms with E-state index in [1.165, 1.54) is 67.8 Å². The monoisotopic (exact) mass is 1100 g/mol. The molecule has 0 bridgehead atoms. The molecular formula is C63H54O16S. The second-order valence-electron chi connectivity index (χ2n) is 18.5. The second-order valence-corrected chi connectivity index (χ2v) is 19.9. The highest BCUT2D eigenvalue weighted by Gasteiger charge is 2.57. The molecule has 408 valence electrons. The van der Waals surface area contributed by atoms with Crippen LogP contribution in [-0.4, -0.2) is 116 Å². The molecule has 7 aromatic carbocycles. The van der Waals surface area contributed by atoms with Crippen molar-refractivity contribution in [2.45, 2.75) is 59.8 Å². The lowest BCUT2D eigenvalue weighted by Crippen LogP contribution is -2.63. The Hall–Kier alpha value is -8.90. The highest BCUT2D eigenvalue weighted by Crippen LogP contribution is 2.45. The van der Waals surface area contributed by atoms with E-state index >= 15 is 0 Å². The van der Waals surface area contributed by atoms with Gasteiger partial charge in [-0.3, -0.25) is 0 Å². The zero-order chi connectivity index (χ0) is 55.8. The minimum absolute atomic E-state index is 0.0955. The Bertz CT molecular complexity index is 3190. The van der Waals surface area contributed by atoms with Crippen LogP contribution in [0.4, 0.5) is 0 Å². The first kappa shape index (κ1) is 55.8. The van der Waals surface area contributed by atoms with Crippen molar-refractivity contribution in [2.75, 3.05) is 20.3 Å². The van der Waals surface area contributed by atoms with Gasteiger partial charge in [0.05, 0.1) is 50.8 Å². The van der Waals surface area contributed by atoms with Crippen molar-refractivity contribution >= 4 is 53.5 Å². The molecule has 0 amide bonds. The second kappa shape index (κ2) is 27.1. The summed E-state index contributed by atoms with van der Waals surface area (Å²) in [6.45, 7) is -0.946. The zero-order valence-electron chi connectivity index (χ0n) is 43.0. The molecule has 0 N–H and O–H groups in total. The third-order valence-electron chi connectivity index (χ3n) is 13.3. The van der Waals surface area contributed by atoms with E-state index in [2.05, 4.69) is 0 Å². The van der Waals surface area contributed by atoms with Gasteiger partial charge in [-0.1, -0.05) is 127 Å². The molecule has 1 saturated heterocycles. The first-order valence-electron chi connectivity index (χ1n) is 25.6. The van der Waals surface area contributed by atoms with Crippen molar-refractivity contribution in [3.8, 4) is 0 Å². The van der Waals surface area contributed by atoms with Crippen LogP contribution in [-0.2, 0) is 42.6 Å². The molecule has 1 saturated carbocycles. The summed E-state index contributed by atoms with van der Waals surface area (Å²) in [6.07, 6.45) is -10.7. The molecule has 80 heavy (non-hydrogen) atoms. The number of hydrogen-bond acceptors (Lipinski definition) is 17. The molecule has 2 fully saturated rings. The summed E-state index contributed by atoms with van der Waals surface area (Å²) in [7, 11) is 1.30. The minimum atomic E-state index is -1.67. The third-order valence-corrected chi connectivity index (χ3v) is 15.0. The Morgan fingerprint density at radius 3 is 1.04 bits per heavy atom. The molecule has 10 atom stereocenters. The van der Waals surface area contributed by atoms with Gasteiger partial charge in [-0.25, -0.2) is 33.6 Å². The summed E-state index contributed by atoms with van der Waals surface area (Å²) < 4.78 is 56.6. The number of rotatable bonds is 19. The van der Waals surface area contributed by atoms with Crippen molar-refractivity contribution < 1.29 is 76.2 Å². The molecule has 1 heterocycles. The van der Waals surface area contributed by atoms with Crippen LogP contribution in [0.5, 0.6) is 0 Å². The van der Waals surface area contributed by atoms with E-state index in [0.29, 0.717) is 0 Å². The molecule has 9 rings (SSSR count). The van der Waals surface area contributed by atoms with E-state index in [9.17, 15) is 33.6 Å². The van der Waals surface area contributed by atoms with Crippen molar-refractivity contribution in [2.24, 2.45) is 5.92 Å². The third kappa shape index (κ3) is 14.0. The molecule has 17 heteroatoms. The van der Waals surface area contributed by atoms with Crippen LogP contribution in [0.25, 0.3) is 0 Å².